The van der Waals surface area contributed by atoms with Crippen molar-refractivity contribution < 1.29 is 4.74 Å². The SMILES string of the molecule is CCc1ccc(O[C@@H]2CCNC2)c(Br)c1. The number of nitrogens with one attached hydrogen (secondary N) is 1. The molecule has 2 nitrogen and oxygen atoms in total. The maximum atomic E-state index is 5.90. The Morgan fingerprint density at radius 1 is 1.53 bits per heavy atom. The Hall–Kier alpha value is -0.540. The molecule has 15 heavy (non-hydrogen) atoms. The zero-order chi connectivity index (χ0) is 10.7. The average molecular weight is 270 g/mol. The second kappa shape index (κ2) is 4.99. The number of hydrogen-bond acceptors (Lipinski definition) is 2. The van der Waals surface area contributed by atoms with Gasteiger partial charge in [0, 0.05) is 6.54 Å². The number of rotatable bonds is 3. The average Bonchev–Trinajstić information content (AvgIpc) is 2.74. The molecule has 3 heteroatoms. The van der Waals surface area contributed by atoms with Gasteiger partial charge in [0.1, 0.15) is 11.9 Å². The summed E-state index contributed by atoms with van der Waals surface area (Å²) >= 11 is 3.55. The summed E-state index contributed by atoms with van der Waals surface area (Å²) in [7, 11) is 0. The Balaban J connectivity index is 2.07. The predicted molar refractivity (Wildman–Crippen MR) is 65.4 cm³/mol. The minimum Gasteiger partial charge on any atom is -0.488 e. The lowest BCUT2D eigenvalue weighted by atomic mass is 10.2. The van der Waals surface area contributed by atoms with Crippen LogP contribution in [0, 0.1) is 0 Å². The van der Waals surface area contributed by atoms with Crippen LogP contribution in [0.4, 0.5) is 0 Å². The van der Waals surface area contributed by atoms with Crippen molar-refractivity contribution in [2.45, 2.75) is 25.9 Å². The van der Waals surface area contributed by atoms with Gasteiger partial charge < -0.3 is 10.1 Å². The Kier molecular flexibility index (Phi) is 3.65. The van der Waals surface area contributed by atoms with Crippen LogP contribution in [0.15, 0.2) is 22.7 Å². The number of halogens is 1. The molecule has 1 aliphatic rings. The Morgan fingerprint density at radius 3 is 3.00 bits per heavy atom. The molecular formula is C12H16BrNO. The maximum Gasteiger partial charge on any atom is 0.133 e. The first-order valence-electron chi connectivity index (χ1n) is 5.45. The van der Waals surface area contributed by atoms with Crippen molar-refractivity contribution in [2.24, 2.45) is 0 Å². The van der Waals surface area contributed by atoms with E-state index in [0.717, 1.165) is 36.2 Å². The largest absolute Gasteiger partial charge is 0.488 e. The fraction of sp³-hybridized carbons (Fsp3) is 0.500. The van der Waals surface area contributed by atoms with Gasteiger partial charge >= 0.3 is 0 Å². The summed E-state index contributed by atoms with van der Waals surface area (Å²) in [6.45, 7) is 4.18. The lowest BCUT2D eigenvalue weighted by Crippen LogP contribution is -2.19. The molecule has 0 spiro atoms. The monoisotopic (exact) mass is 269 g/mol. The van der Waals surface area contributed by atoms with E-state index in [9.17, 15) is 0 Å². The van der Waals surface area contributed by atoms with Gasteiger partial charge in [0.15, 0.2) is 0 Å². The second-order valence-electron chi connectivity index (χ2n) is 3.85. The maximum absolute atomic E-state index is 5.90. The van der Waals surface area contributed by atoms with Gasteiger partial charge in [-0.2, -0.15) is 0 Å². The van der Waals surface area contributed by atoms with Crippen molar-refractivity contribution >= 4 is 15.9 Å². The van der Waals surface area contributed by atoms with Crippen LogP contribution in [0.25, 0.3) is 0 Å². The highest BCUT2D eigenvalue weighted by molar-refractivity contribution is 9.10. The Morgan fingerprint density at radius 2 is 2.40 bits per heavy atom. The van der Waals surface area contributed by atoms with Crippen LogP contribution in [0.3, 0.4) is 0 Å². The van der Waals surface area contributed by atoms with E-state index in [1.54, 1.807) is 0 Å². The predicted octanol–water partition coefficient (Wildman–Crippen LogP) is 2.75. The van der Waals surface area contributed by atoms with E-state index < -0.39 is 0 Å². The third-order valence-corrected chi connectivity index (χ3v) is 3.33. The molecule has 0 aromatic heterocycles. The third kappa shape index (κ3) is 2.73. The van der Waals surface area contributed by atoms with E-state index >= 15 is 0 Å². The molecule has 0 radical (unpaired) electrons. The van der Waals surface area contributed by atoms with Crippen molar-refractivity contribution in [1.82, 2.24) is 5.32 Å². The summed E-state index contributed by atoms with van der Waals surface area (Å²) in [6, 6.07) is 6.32. The van der Waals surface area contributed by atoms with E-state index in [1.165, 1.54) is 5.56 Å². The number of ether oxygens (including phenoxy) is 1. The zero-order valence-corrected chi connectivity index (χ0v) is 10.5. The topological polar surface area (TPSA) is 21.3 Å². The van der Waals surface area contributed by atoms with Gasteiger partial charge in [-0.25, -0.2) is 0 Å². The molecule has 0 aliphatic carbocycles. The van der Waals surface area contributed by atoms with Crippen LogP contribution in [0.5, 0.6) is 5.75 Å². The Bertz CT molecular complexity index is 334. The van der Waals surface area contributed by atoms with Crippen LogP contribution in [0.2, 0.25) is 0 Å². The molecule has 1 heterocycles. The normalized spacial score (nSPS) is 20.5. The molecule has 1 aliphatic heterocycles. The first-order chi connectivity index (χ1) is 7.29. The summed E-state index contributed by atoms with van der Waals surface area (Å²) < 4.78 is 6.96. The second-order valence-corrected chi connectivity index (χ2v) is 4.71. The van der Waals surface area contributed by atoms with Crippen LogP contribution in [0.1, 0.15) is 18.9 Å². The van der Waals surface area contributed by atoms with Crippen molar-refractivity contribution in [3.63, 3.8) is 0 Å². The molecule has 1 fully saturated rings. The summed E-state index contributed by atoms with van der Waals surface area (Å²) in [5.74, 6) is 0.959. The van der Waals surface area contributed by atoms with Crippen LogP contribution >= 0.6 is 15.9 Å². The smallest absolute Gasteiger partial charge is 0.133 e. The van der Waals surface area contributed by atoms with Crippen molar-refractivity contribution in [2.75, 3.05) is 13.1 Å². The molecule has 0 unspecified atom stereocenters. The minimum absolute atomic E-state index is 0.328. The molecule has 1 atom stereocenters. The third-order valence-electron chi connectivity index (χ3n) is 2.71. The molecule has 1 N–H and O–H groups in total. The van der Waals surface area contributed by atoms with Gasteiger partial charge in [-0.1, -0.05) is 13.0 Å². The highest BCUT2D eigenvalue weighted by atomic mass is 79.9. The van der Waals surface area contributed by atoms with Crippen molar-refractivity contribution in [3.05, 3.63) is 28.2 Å². The van der Waals surface area contributed by atoms with Gasteiger partial charge in [-0.15, -0.1) is 0 Å². The highest BCUT2D eigenvalue weighted by Crippen LogP contribution is 2.27. The number of benzene rings is 1. The zero-order valence-electron chi connectivity index (χ0n) is 8.92. The summed E-state index contributed by atoms with van der Waals surface area (Å²) in [6.07, 6.45) is 2.49. The van der Waals surface area contributed by atoms with Gasteiger partial charge in [0.25, 0.3) is 0 Å². The van der Waals surface area contributed by atoms with E-state index in [4.69, 9.17) is 4.74 Å². The van der Waals surface area contributed by atoms with E-state index in [-0.39, 0.29) is 0 Å². The summed E-state index contributed by atoms with van der Waals surface area (Å²) in [5.41, 5.74) is 1.33. The van der Waals surface area contributed by atoms with Crippen LogP contribution in [-0.2, 0) is 6.42 Å². The molecule has 82 valence electrons. The number of hydrogen-bond donors (Lipinski definition) is 1. The molecular weight excluding hydrogens is 254 g/mol. The summed E-state index contributed by atoms with van der Waals surface area (Å²) in [4.78, 5) is 0. The van der Waals surface area contributed by atoms with Crippen LogP contribution < -0.4 is 10.1 Å². The van der Waals surface area contributed by atoms with Gasteiger partial charge in [-0.3, -0.25) is 0 Å². The molecule has 0 amide bonds. The number of aryl methyl sites for hydroxylation is 1. The molecule has 1 aromatic rings. The first kappa shape index (κ1) is 11.0. The minimum atomic E-state index is 0.328. The van der Waals surface area contributed by atoms with E-state index in [1.807, 2.05) is 0 Å². The molecule has 2 rings (SSSR count). The lowest BCUT2D eigenvalue weighted by Gasteiger charge is -2.14. The first-order valence-corrected chi connectivity index (χ1v) is 6.24. The fourth-order valence-electron chi connectivity index (χ4n) is 1.77. The fourth-order valence-corrected chi connectivity index (χ4v) is 2.29. The molecule has 0 bridgehead atoms. The molecule has 0 saturated carbocycles. The highest BCUT2D eigenvalue weighted by Gasteiger charge is 2.16. The molecule has 1 aromatic carbocycles. The quantitative estimate of drug-likeness (QED) is 0.911. The Labute approximate surface area is 99.1 Å². The summed E-state index contributed by atoms with van der Waals surface area (Å²) in [5, 5.41) is 3.29. The van der Waals surface area contributed by atoms with E-state index in [2.05, 4.69) is 46.4 Å². The molecule has 1 saturated heterocycles. The lowest BCUT2D eigenvalue weighted by molar-refractivity contribution is 0.221. The van der Waals surface area contributed by atoms with Gasteiger partial charge in [-0.05, 0) is 53.0 Å². The van der Waals surface area contributed by atoms with Crippen LogP contribution in [-0.4, -0.2) is 19.2 Å². The van der Waals surface area contributed by atoms with Crippen molar-refractivity contribution in [3.8, 4) is 5.75 Å². The van der Waals surface area contributed by atoms with Gasteiger partial charge in [0.05, 0.1) is 4.47 Å². The van der Waals surface area contributed by atoms with Gasteiger partial charge in [0.2, 0.25) is 0 Å². The van der Waals surface area contributed by atoms with E-state index in [0.29, 0.717) is 6.10 Å². The van der Waals surface area contributed by atoms with Crippen molar-refractivity contribution in [1.29, 1.82) is 0 Å². The standard InChI is InChI=1S/C12H16BrNO/c1-2-9-3-4-12(11(13)7-9)15-10-5-6-14-8-10/h3-4,7,10,14H,2,5-6,8H2,1H3/t10-/m1/s1.